The molecule has 2 nitrogen and oxygen atoms in total. The Bertz CT molecular complexity index is 177. The van der Waals surface area contributed by atoms with Crippen LogP contribution in [0.25, 0.3) is 0 Å². The molecule has 0 saturated heterocycles. The van der Waals surface area contributed by atoms with Crippen molar-refractivity contribution in [3.05, 3.63) is 0 Å². The standard InChI is InChI=1S/C12H22N2/c1-11(9-13)10-14-8-7-12-5-3-2-4-6-12/h11-12,14H,2-8,10H2,1H3. The van der Waals surface area contributed by atoms with Crippen LogP contribution in [0.15, 0.2) is 0 Å². The van der Waals surface area contributed by atoms with Crippen LogP contribution in [-0.2, 0) is 0 Å². The number of rotatable bonds is 5. The summed E-state index contributed by atoms with van der Waals surface area (Å²) in [7, 11) is 0. The molecule has 14 heavy (non-hydrogen) atoms. The van der Waals surface area contributed by atoms with Crippen LogP contribution >= 0.6 is 0 Å². The second kappa shape index (κ2) is 6.84. The molecule has 1 unspecified atom stereocenters. The molecule has 1 aliphatic rings. The Morgan fingerprint density at radius 3 is 2.71 bits per heavy atom. The molecular formula is C12H22N2. The second-order valence-corrected chi connectivity index (χ2v) is 4.53. The van der Waals surface area contributed by atoms with Crippen LogP contribution in [0, 0.1) is 23.2 Å². The summed E-state index contributed by atoms with van der Waals surface area (Å²) in [6.07, 6.45) is 8.46. The van der Waals surface area contributed by atoms with Crippen LogP contribution in [-0.4, -0.2) is 13.1 Å². The van der Waals surface area contributed by atoms with Crippen LogP contribution in [0.3, 0.4) is 0 Å². The van der Waals surface area contributed by atoms with Crippen LogP contribution in [0.4, 0.5) is 0 Å². The van der Waals surface area contributed by atoms with Crippen molar-refractivity contribution >= 4 is 0 Å². The van der Waals surface area contributed by atoms with Gasteiger partial charge in [-0.25, -0.2) is 0 Å². The lowest BCUT2D eigenvalue weighted by Crippen LogP contribution is -2.23. The minimum Gasteiger partial charge on any atom is -0.315 e. The highest BCUT2D eigenvalue weighted by Gasteiger charge is 2.12. The van der Waals surface area contributed by atoms with Gasteiger partial charge in [0.1, 0.15) is 0 Å². The summed E-state index contributed by atoms with van der Waals surface area (Å²) < 4.78 is 0. The van der Waals surface area contributed by atoms with E-state index in [4.69, 9.17) is 5.26 Å². The van der Waals surface area contributed by atoms with E-state index >= 15 is 0 Å². The Labute approximate surface area is 87.7 Å². The summed E-state index contributed by atoms with van der Waals surface area (Å²) >= 11 is 0. The van der Waals surface area contributed by atoms with Crippen molar-refractivity contribution in [2.45, 2.75) is 45.4 Å². The fourth-order valence-electron chi connectivity index (χ4n) is 2.15. The van der Waals surface area contributed by atoms with Crippen molar-refractivity contribution in [1.29, 1.82) is 5.26 Å². The molecule has 1 N–H and O–H groups in total. The first-order chi connectivity index (χ1) is 6.83. The number of nitriles is 1. The second-order valence-electron chi connectivity index (χ2n) is 4.53. The Morgan fingerprint density at radius 2 is 2.07 bits per heavy atom. The highest BCUT2D eigenvalue weighted by molar-refractivity contribution is 4.80. The van der Waals surface area contributed by atoms with Crippen molar-refractivity contribution in [2.24, 2.45) is 11.8 Å². The molecular weight excluding hydrogens is 172 g/mol. The number of nitrogens with one attached hydrogen (secondary N) is 1. The fourth-order valence-corrected chi connectivity index (χ4v) is 2.15. The van der Waals surface area contributed by atoms with E-state index in [0.717, 1.165) is 19.0 Å². The monoisotopic (exact) mass is 194 g/mol. The van der Waals surface area contributed by atoms with Gasteiger partial charge in [0.15, 0.2) is 0 Å². The Kier molecular flexibility index (Phi) is 5.63. The van der Waals surface area contributed by atoms with E-state index in [1.54, 1.807) is 0 Å². The van der Waals surface area contributed by atoms with Crippen LogP contribution in [0.1, 0.15) is 45.4 Å². The fraction of sp³-hybridized carbons (Fsp3) is 0.917. The molecule has 1 saturated carbocycles. The lowest BCUT2D eigenvalue weighted by molar-refractivity contribution is 0.333. The van der Waals surface area contributed by atoms with Crippen molar-refractivity contribution in [3.8, 4) is 6.07 Å². The third kappa shape index (κ3) is 4.62. The maximum atomic E-state index is 8.59. The minimum absolute atomic E-state index is 0.154. The van der Waals surface area contributed by atoms with Gasteiger partial charge in [0.05, 0.1) is 12.0 Å². The average molecular weight is 194 g/mol. The Morgan fingerprint density at radius 1 is 1.36 bits per heavy atom. The van der Waals surface area contributed by atoms with Crippen molar-refractivity contribution < 1.29 is 0 Å². The summed E-state index contributed by atoms with van der Waals surface area (Å²) in [6.45, 7) is 3.91. The lowest BCUT2D eigenvalue weighted by atomic mass is 9.87. The smallest absolute Gasteiger partial charge is 0.0666 e. The van der Waals surface area contributed by atoms with E-state index in [1.807, 2.05) is 6.92 Å². The summed E-state index contributed by atoms with van der Waals surface area (Å²) in [6, 6.07) is 2.24. The van der Waals surface area contributed by atoms with E-state index in [2.05, 4.69) is 11.4 Å². The van der Waals surface area contributed by atoms with Gasteiger partial charge in [0.25, 0.3) is 0 Å². The predicted octanol–water partition coefficient (Wildman–Crippen LogP) is 2.71. The first kappa shape index (κ1) is 11.5. The molecule has 0 aromatic heterocycles. The molecule has 1 rings (SSSR count). The lowest BCUT2D eigenvalue weighted by Gasteiger charge is -2.21. The third-order valence-electron chi connectivity index (χ3n) is 3.13. The molecule has 1 aliphatic carbocycles. The number of hydrogen-bond acceptors (Lipinski definition) is 2. The molecule has 1 atom stereocenters. The maximum absolute atomic E-state index is 8.59. The Hall–Kier alpha value is -0.550. The highest BCUT2D eigenvalue weighted by Crippen LogP contribution is 2.25. The van der Waals surface area contributed by atoms with Gasteiger partial charge in [-0.15, -0.1) is 0 Å². The quantitative estimate of drug-likeness (QED) is 0.683. The molecule has 0 heterocycles. The molecule has 0 bridgehead atoms. The average Bonchev–Trinajstić information content (AvgIpc) is 2.25. The SMILES string of the molecule is CC(C#N)CNCCC1CCCCC1. The molecule has 0 amide bonds. The minimum atomic E-state index is 0.154. The zero-order chi connectivity index (χ0) is 10.2. The van der Waals surface area contributed by atoms with Crippen molar-refractivity contribution in [2.75, 3.05) is 13.1 Å². The summed E-state index contributed by atoms with van der Waals surface area (Å²) in [4.78, 5) is 0. The van der Waals surface area contributed by atoms with E-state index in [-0.39, 0.29) is 5.92 Å². The van der Waals surface area contributed by atoms with Crippen LogP contribution in [0.2, 0.25) is 0 Å². The zero-order valence-corrected chi connectivity index (χ0v) is 9.26. The topological polar surface area (TPSA) is 35.8 Å². The molecule has 0 aromatic rings. The first-order valence-electron chi connectivity index (χ1n) is 5.93. The van der Waals surface area contributed by atoms with E-state index < -0.39 is 0 Å². The van der Waals surface area contributed by atoms with Gasteiger partial charge in [0.2, 0.25) is 0 Å². The highest BCUT2D eigenvalue weighted by atomic mass is 14.8. The van der Waals surface area contributed by atoms with Gasteiger partial charge in [-0.05, 0) is 25.8 Å². The van der Waals surface area contributed by atoms with E-state index in [0.29, 0.717) is 0 Å². The maximum Gasteiger partial charge on any atom is 0.0666 e. The van der Waals surface area contributed by atoms with Crippen LogP contribution < -0.4 is 5.32 Å². The first-order valence-corrected chi connectivity index (χ1v) is 5.93. The largest absolute Gasteiger partial charge is 0.315 e. The molecule has 0 spiro atoms. The van der Waals surface area contributed by atoms with Gasteiger partial charge in [-0.3, -0.25) is 0 Å². The van der Waals surface area contributed by atoms with Crippen molar-refractivity contribution in [3.63, 3.8) is 0 Å². The predicted molar refractivity (Wildman–Crippen MR) is 58.8 cm³/mol. The summed E-state index contributed by atoms with van der Waals surface area (Å²) in [5, 5.41) is 12.0. The van der Waals surface area contributed by atoms with Gasteiger partial charge >= 0.3 is 0 Å². The summed E-state index contributed by atoms with van der Waals surface area (Å²) in [5.74, 6) is 1.11. The van der Waals surface area contributed by atoms with Gasteiger partial charge in [-0.1, -0.05) is 32.1 Å². The molecule has 80 valence electrons. The van der Waals surface area contributed by atoms with Gasteiger partial charge < -0.3 is 5.32 Å². The van der Waals surface area contributed by atoms with Crippen LogP contribution in [0.5, 0.6) is 0 Å². The van der Waals surface area contributed by atoms with Gasteiger partial charge in [-0.2, -0.15) is 5.26 Å². The normalized spacial score (nSPS) is 20.3. The van der Waals surface area contributed by atoms with E-state index in [9.17, 15) is 0 Å². The number of hydrogen-bond donors (Lipinski definition) is 1. The van der Waals surface area contributed by atoms with Crippen molar-refractivity contribution in [1.82, 2.24) is 5.32 Å². The molecule has 0 aliphatic heterocycles. The molecule has 1 fully saturated rings. The zero-order valence-electron chi connectivity index (χ0n) is 9.26. The molecule has 2 heteroatoms. The molecule has 0 radical (unpaired) electrons. The summed E-state index contributed by atoms with van der Waals surface area (Å²) in [5.41, 5.74) is 0. The Balaban J connectivity index is 1.95. The van der Waals surface area contributed by atoms with Gasteiger partial charge in [0, 0.05) is 6.54 Å². The molecule has 0 aromatic carbocycles. The van der Waals surface area contributed by atoms with E-state index in [1.165, 1.54) is 38.5 Å². The number of nitrogens with zero attached hydrogens (tertiary/aromatic N) is 1. The third-order valence-corrected chi connectivity index (χ3v) is 3.13.